The van der Waals surface area contributed by atoms with Gasteiger partial charge in [-0.05, 0) is 25.0 Å². The molecule has 3 rings (SSSR count). The molecular weight excluding hydrogens is 334 g/mol. The standard InChI is InChI=1S/C15H19N3O5S/c1-17-13(19)9-12(14(20)21)15(17)4-7-18(8-5-15)24(22,23)11-3-2-6-16-10-11/h2-3,6,10,12H,4-5,7-9H2,1H3,(H,20,21)/t12-/m1/s1. The first kappa shape index (κ1) is 16.8. The van der Waals surface area contributed by atoms with Gasteiger partial charge in [0.1, 0.15) is 4.90 Å². The fourth-order valence-corrected chi connectivity index (χ4v) is 5.15. The Labute approximate surface area is 140 Å². The lowest BCUT2D eigenvalue weighted by molar-refractivity contribution is -0.145. The van der Waals surface area contributed by atoms with Crippen LogP contribution in [0.15, 0.2) is 29.4 Å². The minimum atomic E-state index is -3.66. The Balaban J connectivity index is 1.83. The van der Waals surface area contributed by atoms with Gasteiger partial charge in [-0.2, -0.15) is 4.31 Å². The highest BCUT2D eigenvalue weighted by Gasteiger charge is 2.56. The zero-order valence-electron chi connectivity index (χ0n) is 13.3. The van der Waals surface area contributed by atoms with Crippen LogP contribution >= 0.6 is 0 Å². The van der Waals surface area contributed by atoms with Gasteiger partial charge in [-0.3, -0.25) is 14.6 Å². The molecule has 0 unspecified atom stereocenters. The fraction of sp³-hybridized carbons (Fsp3) is 0.533. The second-order valence-electron chi connectivity index (χ2n) is 6.24. The minimum absolute atomic E-state index is 0.0266. The molecular formula is C15H19N3O5S. The Morgan fingerprint density at radius 3 is 2.58 bits per heavy atom. The van der Waals surface area contributed by atoms with Crippen molar-refractivity contribution in [1.82, 2.24) is 14.2 Å². The number of piperidine rings is 1. The fourth-order valence-electron chi connectivity index (χ4n) is 3.75. The van der Waals surface area contributed by atoms with Crippen molar-refractivity contribution < 1.29 is 23.1 Å². The third-order valence-electron chi connectivity index (χ3n) is 5.23. The maximum Gasteiger partial charge on any atom is 0.309 e. The monoisotopic (exact) mass is 353 g/mol. The molecule has 1 aromatic rings. The lowest BCUT2D eigenvalue weighted by Gasteiger charge is -2.44. The topological polar surface area (TPSA) is 108 Å². The molecule has 130 valence electrons. The predicted molar refractivity (Wildman–Crippen MR) is 83.5 cm³/mol. The highest BCUT2D eigenvalue weighted by molar-refractivity contribution is 7.89. The summed E-state index contributed by atoms with van der Waals surface area (Å²) in [6.07, 6.45) is 3.39. The van der Waals surface area contributed by atoms with E-state index in [0.29, 0.717) is 12.8 Å². The molecule has 2 saturated heterocycles. The van der Waals surface area contributed by atoms with Gasteiger partial charge in [-0.15, -0.1) is 0 Å². The van der Waals surface area contributed by atoms with Crippen LogP contribution in [0.5, 0.6) is 0 Å². The third kappa shape index (κ3) is 2.48. The van der Waals surface area contributed by atoms with Gasteiger partial charge in [0, 0.05) is 39.0 Å². The van der Waals surface area contributed by atoms with Crippen molar-refractivity contribution in [3.8, 4) is 0 Å². The maximum atomic E-state index is 12.6. The highest BCUT2D eigenvalue weighted by Crippen LogP contribution is 2.43. The molecule has 1 spiro atoms. The lowest BCUT2D eigenvalue weighted by atomic mass is 9.77. The number of amides is 1. The van der Waals surface area contributed by atoms with Crippen molar-refractivity contribution in [3.63, 3.8) is 0 Å². The summed E-state index contributed by atoms with van der Waals surface area (Å²) in [6.45, 7) is 0.358. The molecule has 3 heterocycles. The van der Waals surface area contributed by atoms with Crippen LogP contribution < -0.4 is 0 Å². The molecule has 0 saturated carbocycles. The van der Waals surface area contributed by atoms with E-state index in [-0.39, 0.29) is 30.3 Å². The summed E-state index contributed by atoms with van der Waals surface area (Å²) in [5, 5.41) is 9.45. The number of rotatable bonds is 3. The summed E-state index contributed by atoms with van der Waals surface area (Å²) in [7, 11) is -2.05. The largest absolute Gasteiger partial charge is 0.481 e. The number of sulfonamides is 1. The summed E-state index contributed by atoms with van der Waals surface area (Å²) >= 11 is 0. The van der Waals surface area contributed by atoms with E-state index >= 15 is 0 Å². The molecule has 0 radical (unpaired) electrons. The van der Waals surface area contributed by atoms with E-state index < -0.39 is 27.4 Å². The van der Waals surface area contributed by atoms with E-state index in [0.717, 1.165) is 0 Å². The van der Waals surface area contributed by atoms with Crippen LogP contribution in [-0.2, 0) is 19.6 Å². The molecule has 0 bridgehead atoms. The first-order chi connectivity index (χ1) is 11.3. The number of pyridine rings is 1. The number of carbonyl (C=O) groups is 2. The van der Waals surface area contributed by atoms with Crippen molar-refractivity contribution in [3.05, 3.63) is 24.5 Å². The molecule has 1 N–H and O–H groups in total. The van der Waals surface area contributed by atoms with Gasteiger partial charge in [0.2, 0.25) is 15.9 Å². The number of carbonyl (C=O) groups excluding carboxylic acids is 1. The lowest BCUT2D eigenvalue weighted by Crippen LogP contribution is -2.56. The van der Waals surface area contributed by atoms with Crippen molar-refractivity contribution >= 4 is 21.9 Å². The van der Waals surface area contributed by atoms with Crippen molar-refractivity contribution in [2.45, 2.75) is 29.7 Å². The van der Waals surface area contributed by atoms with Gasteiger partial charge < -0.3 is 10.0 Å². The number of nitrogens with zero attached hydrogens (tertiary/aromatic N) is 3. The number of aromatic nitrogens is 1. The third-order valence-corrected chi connectivity index (χ3v) is 7.11. The van der Waals surface area contributed by atoms with Crippen molar-refractivity contribution in [1.29, 1.82) is 0 Å². The molecule has 8 nitrogen and oxygen atoms in total. The van der Waals surface area contributed by atoms with Crippen LogP contribution in [0.25, 0.3) is 0 Å². The van der Waals surface area contributed by atoms with Gasteiger partial charge in [-0.1, -0.05) is 0 Å². The molecule has 1 atom stereocenters. The molecule has 1 amide bonds. The van der Waals surface area contributed by atoms with E-state index in [2.05, 4.69) is 4.98 Å². The van der Waals surface area contributed by atoms with Crippen molar-refractivity contribution in [2.75, 3.05) is 20.1 Å². The number of hydrogen-bond acceptors (Lipinski definition) is 5. The average molecular weight is 353 g/mol. The molecule has 2 fully saturated rings. The summed E-state index contributed by atoms with van der Waals surface area (Å²) in [5.74, 6) is -2.00. The van der Waals surface area contributed by atoms with Crippen LogP contribution in [-0.4, -0.2) is 65.3 Å². The normalized spacial score (nSPS) is 24.5. The zero-order valence-corrected chi connectivity index (χ0v) is 14.1. The molecule has 0 aromatic carbocycles. The molecule has 9 heteroatoms. The van der Waals surface area contributed by atoms with Gasteiger partial charge in [-0.25, -0.2) is 8.42 Å². The summed E-state index contributed by atoms with van der Waals surface area (Å²) in [5.41, 5.74) is -0.802. The van der Waals surface area contributed by atoms with Crippen LogP contribution in [0.2, 0.25) is 0 Å². The Morgan fingerprint density at radius 1 is 1.38 bits per heavy atom. The predicted octanol–water partition coefficient (Wildman–Crippen LogP) is 0.168. The van der Waals surface area contributed by atoms with Crippen molar-refractivity contribution in [2.24, 2.45) is 5.92 Å². The minimum Gasteiger partial charge on any atom is -0.481 e. The van der Waals surface area contributed by atoms with E-state index in [1.54, 1.807) is 13.1 Å². The second kappa shape index (κ2) is 5.82. The maximum absolute atomic E-state index is 12.6. The quantitative estimate of drug-likeness (QED) is 0.830. The van der Waals surface area contributed by atoms with Gasteiger partial charge >= 0.3 is 5.97 Å². The highest BCUT2D eigenvalue weighted by atomic mass is 32.2. The van der Waals surface area contributed by atoms with Crippen LogP contribution in [0.3, 0.4) is 0 Å². The Kier molecular flexibility index (Phi) is 4.08. The molecule has 1 aromatic heterocycles. The number of carboxylic acid groups (broad SMARTS) is 1. The van der Waals surface area contributed by atoms with E-state index in [1.165, 1.54) is 27.7 Å². The first-order valence-electron chi connectivity index (χ1n) is 7.69. The molecule has 2 aliphatic rings. The molecule has 0 aliphatic carbocycles. The number of aliphatic carboxylic acids is 1. The van der Waals surface area contributed by atoms with Crippen LogP contribution in [0.4, 0.5) is 0 Å². The summed E-state index contributed by atoms with van der Waals surface area (Å²) in [6, 6.07) is 3.04. The Morgan fingerprint density at radius 2 is 2.04 bits per heavy atom. The molecule has 2 aliphatic heterocycles. The molecule has 24 heavy (non-hydrogen) atoms. The van der Waals surface area contributed by atoms with E-state index in [4.69, 9.17) is 0 Å². The summed E-state index contributed by atoms with van der Waals surface area (Å²) in [4.78, 5) is 29.0. The van der Waals surface area contributed by atoms with Crippen LogP contribution in [0.1, 0.15) is 19.3 Å². The SMILES string of the molecule is CN1C(=O)C[C@H](C(=O)O)C12CCN(S(=O)(=O)c1cccnc1)CC2. The number of likely N-dealkylation sites (tertiary alicyclic amines) is 1. The van der Waals surface area contributed by atoms with Crippen LogP contribution in [0, 0.1) is 5.92 Å². The number of carboxylic acids is 1. The van der Waals surface area contributed by atoms with E-state index in [1.807, 2.05) is 0 Å². The van der Waals surface area contributed by atoms with Gasteiger partial charge in [0.25, 0.3) is 0 Å². The van der Waals surface area contributed by atoms with Gasteiger partial charge in [0.15, 0.2) is 0 Å². The Bertz CT molecular complexity index is 757. The summed E-state index contributed by atoms with van der Waals surface area (Å²) < 4.78 is 26.6. The Hall–Kier alpha value is -2.00. The second-order valence-corrected chi connectivity index (χ2v) is 8.18. The smallest absolute Gasteiger partial charge is 0.309 e. The first-order valence-corrected chi connectivity index (χ1v) is 9.13. The number of hydrogen-bond donors (Lipinski definition) is 1. The zero-order chi connectivity index (χ0) is 17.5. The van der Waals surface area contributed by atoms with E-state index in [9.17, 15) is 23.1 Å². The van der Waals surface area contributed by atoms with Gasteiger partial charge in [0.05, 0.1) is 11.5 Å². The average Bonchev–Trinajstić information content (AvgIpc) is 2.81.